The molecule has 1 fully saturated rings. The number of anilines is 2. The number of amides is 4. The van der Waals surface area contributed by atoms with Crippen LogP contribution in [0.4, 0.5) is 22.1 Å². The molecule has 5 rings (SSSR count). The molecule has 1 aliphatic rings. The van der Waals surface area contributed by atoms with Gasteiger partial charge in [-0.05, 0) is 44.5 Å². The molecule has 55 heavy (non-hydrogen) atoms. The summed E-state index contributed by atoms with van der Waals surface area (Å²) in [4.78, 5) is 68.2. The van der Waals surface area contributed by atoms with Gasteiger partial charge in [-0.15, -0.1) is 0 Å². The average Bonchev–Trinajstić information content (AvgIpc) is 3.71. The van der Waals surface area contributed by atoms with Crippen LogP contribution in [-0.2, 0) is 13.1 Å². The van der Waals surface area contributed by atoms with Crippen LogP contribution in [-0.4, -0.2) is 116 Å². The third-order valence-electron chi connectivity index (χ3n) is 8.90. The van der Waals surface area contributed by atoms with E-state index < -0.39 is 34.4 Å². The number of nitrogens with one attached hydrogen (secondary N) is 2. The van der Waals surface area contributed by atoms with Crippen LogP contribution < -0.4 is 31.6 Å². The number of carboxylic acid groups (broad SMARTS) is 1. The second kappa shape index (κ2) is 17.4. The number of rotatable bonds is 17. The van der Waals surface area contributed by atoms with Crippen LogP contribution in [0.2, 0.25) is 0 Å². The van der Waals surface area contributed by atoms with Gasteiger partial charge in [-0.2, -0.15) is 5.10 Å². The lowest BCUT2D eigenvalue weighted by molar-refractivity contribution is -0.384. The van der Waals surface area contributed by atoms with E-state index in [0.717, 1.165) is 6.07 Å². The maximum atomic E-state index is 13.4. The zero-order valence-electron chi connectivity index (χ0n) is 30.6. The Morgan fingerprint density at radius 3 is 2.35 bits per heavy atom. The van der Waals surface area contributed by atoms with Crippen molar-refractivity contribution in [2.45, 2.75) is 33.4 Å². The largest absolute Gasteiger partial charge is 0.494 e. The van der Waals surface area contributed by atoms with Gasteiger partial charge in [-0.3, -0.25) is 39.4 Å². The Kier molecular flexibility index (Phi) is 12.5. The van der Waals surface area contributed by atoms with Gasteiger partial charge in [-0.1, -0.05) is 12.2 Å². The summed E-state index contributed by atoms with van der Waals surface area (Å²) in [7, 11) is 1.43. The van der Waals surface area contributed by atoms with E-state index in [0.29, 0.717) is 68.1 Å². The molecule has 7 N–H and O–H groups in total. The quantitative estimate of drug-likeness (QED) is 0.0449. The van der Waals surface area contributed by atoms with Crippen molar-refractivity contribution in [3.63, 3.8) is 0 Å². The third-order valence-corrected chi connectivity index (χ3v) is 8.90. The topological polar surface area (TPSA) is 268 Å². The molecule has 2 aromatic carbocycles. The number of aryl methyl sites for hydroxylation is 2. The molecule has 0 bridgehead atoms. The highest BCUT2D eigenvalue weighted by molar-refractivity contribution is 6.04. The number of nitro benzene ring substituents is 1. The Hall–Kier alpha value is -6.70. The molecule has 292 valence electrons. The minimum Gasteiger partial charge on any atom is -0.494 e. The van der Waals surface area contributed by atoms with Crippen molar-refractivity contribution in [3.05, 3.63) is 75.1 Å². The first-order valence-corrected chi connectivity index (χ1v) is 17.4. The second-order valence-corrected chi connectivity index (χ2v) is 12.6. The van der Waals surface area contributed by atoms with Crippen molar-refractivity contribution >= 4 is 52.2 Å². The first-order chi connectivity index (χ1) is 26.3. The summed E-state index contributed by atoms with van der Waals surface area (Å²) in [6.45, 7) is 7.01. The molecule has 0 radical (unpaired) electrons. The Balaban J connectivity index is 1.35. The number of hydrogen-bond acceptors (Lipinski definition) is 12. The van der Waals surface area contributed by atoms with E-state index in [9.17, 15) is 34.4 Å². The fourth-order valence-corrected chi connectivity index (χ4v) is 6.17. The van der Waals surface area contributed by atoms with Crippen molar-refractivity contribution < 1.29 is 38.7 Å². The number of imidazole rings is 1. The van der Waals surface area contributed by atoms with Crippen LogP contribution in [0.3, 0.4) is 0 Å². The summed E-state index contributed by atoms with van der Waals surface area (Å²) in [5.74, 6) is -1.51. The number of nitro groups is 1. The van der Waals surface area contributed by atoms with Crippen LogP contribution in [0.15, 0.2) is 42.5 Å². The molecule has 1 aliphatic heterocycles. The monoisotopic (exact) mass is 761 g/mol. The summed E-state index contributed by atoms with van der Waals surface area (Å²) < 4.78 is 14.8. The number of primary amides is 2. The summed E-state index contributed by atoms with van der Waals surface area (Å²) in [6.07, 6.45) is 3.01. The molecule has 20 heteroatoms. The minimum absolute atomic E-state index is 0.0410. The highest BCUT2D eigenvalue weighted by atomic mass is 16.6. The highest BCUT2D eigenvalue weighted by Gasteiger charge is 2.24. The minimum atomic E-state index is -0.954. The molecule has 2 aromatic heterocycles. The van der Waals surface area contributed by atoms with Crippen molar-refractivity contribution in [3.8, 4) is 11.5 Å². The molecule has 0 aliphatic carbocycles. The zero-order chi connectivity index (χ0) is 39.8. The fourth-order valence-electron chi connectivity index (χ4n) is 6.17. The molecule has 0 spiro atoms. The summed E-state index contributed by atoms with van der Waals surface area (Å²) >= 11 is 0. The molecule has 4 aromatic rings. The van der Waals surface area contributed by atoms with Crippen molar-refractivity contribution in [1.82, 2.24) is 29.1 Å². The Bertz CT molecular complexity index is 2140. The van der Waals surface area contributed by atoms with Crippen LogP contribution in [0.25, 0.3) is 11.0 Å². The number of aromatic nitrogens is 4. The van der Waals surface area contributed by atoms with Gasteiger partial charge in [0, 0.05) is 69.6 Å². The molecule has 0 atom stereocenters. The lowest BCUT2D eigenvalue weighted by Gasteiger charge is -2.32. The van der Waals surface area contributed by atoms with E-state index in [1.165, 1.54) is 30.2 Å². The predicted octanol–water partition coefficient (Wildman–Crippen LogP) is 2.66. The number of carbonyl (C=O) groups is 4. The highest BCUT2D eigenvalue weighted by Crippen LogP contribution is 2.36. The molecule has 4 amide bonds. The van der Waals surface area contributed by atoms with Gasteiger partial charge >= 0.3 is 6.09 Å². The number of nitrogens with two attached hydrogens (primary N) is 2. The SMILES string of the molecule is CCn1nc(C)cc1C(=O)Nc1nc2cc(C(N)=O)cc(OC)c2n1C/C=C/CNc1c(OCCCN2CCN(C(=O)O)CC2)cc(C(N)=O)cc1[N+](=O)[O-]. The van der Waals surface area contributed by atoms with Crippen LogP contribution >= 0.6 is 0 Å². The zero-order valence-corrected chi connectivity index (χ0v) is 30.6. The fraction of sp³-hybridized carbons (Fsp3) is 0.371. The standard InChI is InChI=1S/C35H43N11O9/c1-4-45-26(16-21(2)41-45)33(49)40-34-39-24-17-22(31(36)47)20-28(54-3)30(24)44(34)10-6-5-8-38-29-25(46(52)53)18-23(32(37)48)19-27(29)55-15-7-9-42-11-13-43(14-12-42)35(50)51/h5-6,16-20,38H,4,7-15H2,1-3H3,(H2,36,47)(H2,37,48)(H,50,51)(H,39,40,49)/b6-5+. The van der Waals surface area contributed by atoms with Crippen molar-refractivity contribution in [2.75, 3.05) is 63.6 Å². The van der Waals surface area contributed by atoms with Crippen LogP contribution in [0.5, 0.6) is 11.5 Å². The third kappa shape index (κ3) is 9.27. The van der Waals surface area contributed by atoms with Gasteiger partial charge in [0.05, 0.1) is 29.9 Å². The van der Waals surface area contributed by atoms with Gasteiger partial charge in [-0.25, -0.2) is 9.78 Å². The van der Waals surface area contributed by atoms with Gasteiger partial charge in [0.2, 0.25) is 17.8 Å². The maximum absolute atomic E-state index is 13.4. The number of fused-ring (bicyclic) bond motifs is 1. The second-order valence-electron chi connectivity index (χ2n) is 12.6. The smallest absolute Gasteiger partial charge is 0.407 e. The molecule has 0 unspecified atom stereocenters. The van der Waals surface area contributed by atoms with E-state index in [-0.39, 0.29) is 54.0 Å². The van der Waals surface area contributed by atoms with Gasteiger partial charge in [0.1, 0.15) is 22.7 Å². The number of piperazine rings is 1. The predicted molar refractivity (Wildman–Crippen MR) is 201 cm³/mol. The number of ether oxygens (including phenoxy) is 2. The average molecular weight is 762 g/mol. The molecule has 3 heterocycles. The van der Waals surface area contributed by atoms with Gasteiger partial charge < -0.3 is 40.8 Å². The van der Waals surface area contributed by atoms with E-state index in [1.54, 1.807) is 34.4 Å². The summed E-state index contributed by atoms with van der Waals surface area (Å²) in [5.41, 5.74) is 12.5. The Morgan fingerprint density at radius 2 is 1.71 bits per heavy atom. The number of benzene rings is 2. The van der Waals surface area contributed by atoms with Crippen LogP contribution in [0.1, 0.15) is 50.2 Å². The number of nitrogens with zero attached hydrogens (tertiary/aromatic N) is 7. The van der Waals surface area contributed by atoms with Crippen LogP contribution in [0, 0.1) is 17.0 Å². The molecule has 20 nitrogen and oxygen atoms in total. The summed E-state index contributed by atoms with van der Waals surface area (Å²) in [6, 6.07) is 7.05. The molecule has 1 saturated heterocycles. The van der Waals surface area contributed by atoms with Gasteiger partial charge in [0.25, 0.3) is 11.6 Å². The molecule has 0 saturated carbocycles. The van der Waals surface area contributed by atoms with Crippen molar-refractivity contribution in [1.29, 1.82) is 0 Å². The first kappa shape index (κ1) is 39.5. The number of carbonyl (C=O) groups excluding carboxylic acids is 3. The van der Waals surface area contributed by atoms with E-state index in [2.05, 4.69) is 25.6 Å². The Labute approximate surface area is 314 Å². The van der Waals surface area contributed by atoms with Crippen molar-refractivity contribution in [2.24, 2.45) is 11.5 Å². The first-order valence-electron chi connectivity index (χ1n) is 17.4. The molecular weight excluding hydrogens is 718 g/mol. The maximum Gasteiger partial charge on any atom is 0.407 e. The van der Waals surface area contributed by atoms with Gasteiger partial charge in [0.15, 0.2) is 5.69 Å². The number of methoxy groups -OCH3 is 1. The number of allylic oxidation sites excluding steroid dienone is 1. The lowest BCUT2D eigenvalue weighted by Crippen LogP contribution is -2.48. The normalized spacial score (nSPS) is 13.3. The molecular formula is C35H43N11O9. The lowest BCUT2D eigenvalue weighted by atomic mass is 10.1. The summed E-state index contributed by atoms with van der Waals surface area (Å²) in [5, 5.41) is 31.5. The van der Waals surface area contributed by atoms with E-state index >= 15 is 0 Å². The Morgan fingerprint density at radius 1 is 1.02 bits per heavy atom. The van der Waals surface area contributed by atoms with E-state index in [4.69, 9.17) is 20.9 Å². The van der Waals surface area contributed by atoms with E-state index in [1.807, 2.05) is 6.92 Å². The number of hydrogen-bond donors (Lipinski definition) is 5.